The van der Waals surface area contributed by atoms with Gasteiger partial charge in [0.25, 0.3) is 5.91 Å². The van der Waals surface area contributed by atoms with Crippen molar-refractivity contribution in [1.82, 2.24) is 20.3 Å². The molecular weight excluding hydrogens is 464 g/mol. The van der Waals surface area contributed by atoms with Crippen molar-refractivity contribution in [1.29, 1.82) is 0 Å². The zero-order valence-corrected chi connectivity index (χ0v) is 21.8. The predicted molar refractivity (Wildman–Crippen MR) is 137 cm³/mol. The molecule has 11 nitrogen and oxygen atoms in total. The van der Waals surface area contributed by atoms with Gasteiger partial charge in [-0.2, -0.15) is 15.0 Å². The van der Waals surface area contributed by atoms with Crippen LogP contribution >= 0.6 is 0 Å². The average Bonchev–Trinajstić information content (AvgIpc) is 3.32. The van der Waals surface area contributed by atoms with Crippen molar-refractivity contribution in [3.05, 3.63) is 41.3 Å². The molecule has 3 aromatic rings. The Labute approximate surface area is 211 Å². The van der Waals surface area contributed by atoms with E-state index in [2.05, 4.69) is 58.6 Å². The molecule has 0 aliphatic heterocycles. The number of methoxy groups -OCH3 is 2. The number of nitrogens with zero attached hydrogens (tertiary/aromatic N) is 3. The standard InChI is InChI=1S/C25H34N6O5/c1-14(2)17-9-8-16(5)19(12-17)36-25-28-18(13-35-25)21(32)29-20-22(33-6)30-24(31-23(20)34-7)27-11-10-26-15(3)4/h8-9,12-15,26H,10-11H2,1-7H3,(H,29,32)(H,27,30,31). The van der Waals surface area contributed by atoms with Crippen LogP contribution in [0.1, 0.15) is 55.2 Å². The Morgan fingerprint density at radius 2 is 1.72 bits per heavy atom. The fourth-order valence-electron chi connectivity index (χ4n) is 3.20. The Kier molecular flexibility index (Phi) is 9.07. The van der Waals surface area contributed by atoms with Crippen molar-refractivity contribution in [2.75, 3.05) is 37.9 Å². The van der Waals surface area contributed by atoms with E-state index < -0.39 is 5.91 Å². The lowest BCUT2D eigenvalue weighted by Crippen LogP contribution is -2.28. The first-order valence-corrected chi connectivity index (χ1v) is 11.7. The number of rotatable bonds is 12. The van der Waals surface area contributed by atoms with E-state index in [0.717, 1.165) is 17.7 Å². The summed E-state index contributed by atoms with van der Waals surface area (Å²) in [5.74, 6) is 0.959. The van der Waals surface area contributed by atoms with Gasteiger partial charge in [-0.15, -0.1) is 0 Å². The van der Waals surface area contributed by atoms with E-state index in [1.165, 1.54) is 20.5 Å². The van der Waals surface area contributed by atoms with Crippen LogP contribution in [0.4, 0.5) is 11.6 Å². The maximum Gasteiger partial charge on any atom is 0.399 e. The molecule has 1 aromatic carbocycles. The van der Waals surface area contributed by atoms with E-state index in [-0.39, 0.29) is 29.2 Å². The Hall–Kier alpha value is -3.86. The summed E-state index contributed by atoms with van der Waals surface area (Å²) < 4.78 is 21.9. The van der Waals surface area contributed by atoms with E-state index in [9.17, 15) is 4.79 Å². The lowest BCUT2D eigenvalue weighted by molar-refractivity contribution is 0.102. The molecule has 0 saturated carbocycles. The Bertz CT molecular complexity index is 1150. The number of oxazole rings is 1. The number of ether oxygens (including phenoxy) is 3. The number of aromatic nitrogens is 3. The molecule has 2 heterocycles. The van der Waals surface area contributed by atoms with Crippen molar-refractivity contribution >= 4 is 17.5 Å². The maximum absolute atomic E-state index is 12.9. The molecule has 1 amide bonds. The Morgan fingerprint density at radius 3 is 2.33 bits per heavy atom. The summed E-state index contributed by atoms with van der Waals surface area (Å²) in [6.07, 6.45) is 1.16. The van der Waals surface area contributed by atoms with E-state index in [1.807, 2.05) is 25.1 Å². The first kappa shape index (κ1) is 26.7. The van der Waals surface area contributed by atoms with Gasteiger partial charge in [-0.3, -0.25) is 4.79 Å². The van der Waals surface area contributed by atoms with Crippen molar-refractivity contribution in [2.45, 2.75) is 46.6 Å². The van der Waals surface area contributed by atoms with E-state index in [0.29, 0.717) is 30.2 Å². The van der Waals surface area contributed by atoms with E-state index in [1.54, 1.807) is 0 Å². The highest BCUT2D eigenvalue weighted by molar-refractivity contribution is 6.04. The minimum Gasteiger partial charge on any atom is -0.479 e. The topological polar surface area (TPSA) is 133 Å². The highest BCUT2D eigenvalue weighted by Crippen LogP contribution is 2.33. The minimum atomic E-state index is -0.566. The third-order valence-electron chi connectivity index (χ3n) is 5.22. The van der Waals surface area contributed by atoms with Crippen LogP contribution in [0.15, 0.2) is 28.9 Å². The normalized spacial score (nSPS) is 11.0. The van der Waals surface area contributed by atoms with Gasteiger partial charge in [0.15, 0.2) is 11.4 Å². The molecule has 3 rings (SSSR count). The molecule has 0 radical (unpaired) electrons. The van der Waals surface area contributed by atoms with Crippen LogP contribution < -0.4 is 30.2 Å². The summed E-state index contributed by atoms with van der Waals surface area (Å²) in [6, 6.07) is 6.32. The molecule has 0 bridgehead atoms. The van der Waals surface area contributed by atoms with Crippen LogP contribution in [-0.4, -0.2) is 54.2 Å². The van der Waals surface area contributed by atoms with Gasteiger partial charge in [-0.1, -0.05) is 39.8 Å². The molecule has 2 aromatic heterocycles. The highest BCUT2D eigenvalue weighted by atomic mass is 16.6. The highest BCUT2D eigenvalue weighted by Gasteiger charge is 2.22. The molecule has 0 aliphatic rings. The lowest BCUT2D eigenvalue weighted by atomic mass is 10.0. The summed E-state index contributed by atoms with van der Waals surface area (Å²) in [7, 11) is 2.88. The van der Waals surface area contributed by atoms with E-state index in [4.69, 9.17) is 18.6 Å². The average molecular weight is 499 g/mol. The zero-order chi connectivity index (χ0) is 26.2. The van der Waals surface area contributed by atoms with Crippen LogP contribution in [0.25, 0.3) is 0 Å². The molecule has 194 valence electrons. The maximum atomic E-state index is 12.9. The van der Waals surface area contributed by atoms with Crippen LogP contribution in [0.2, 0.25) is 0 Å². The molecule has 36 heavy (non-hydrogen) atoms. The van der Waals surface area contributed by atoms with Crippen LogP contribution in [0, 0.1) is 6.92 Å². The molecule has 0 saturated heterocycles. The number of hydrogen-bond acceptors (Lipinski definition) is 10. The molecule has 0 fully saturated rings. The van der Waals surface area contributed by atoms with Crippen molar-refractivity contribution < 1.29 is 23.4 Å². The number of amides is 1. The molecule has 0 spiro atoms. The van der Waals surface area contributed by atoms with Crippen LogP contribution in [0.3, 0.4) is 0 Å². The van der Waals surface area contributed by atoms with Gasteiger partial charge < -0.3 is 34.6 Å². The quantitative estimate of drug-likeness (QED) is 0.309. The number of hydrogen-bond donors (Lipinski definition) is 3. The molecule has 0 atom stereocenters. The van der Waals surface area contributed by atoms with Crippen molar-refractivity contribution in [3.63, 3.8) is 0 Å². The second-order valence-corrected chi connectivity index (χ2v) is 8.71. The number of anilines is 2. The Morgan fingerprint density at radius 1 is 1.03 bits per heavy atom. The summed E-state index contributed by atoms with van der Waals surface area (Å²) in [5.41, 5.74) is 2.22. The monoisotopic (exact) mass is 498 g/mol. The summed E-state index contributed by atoms with van der Waals surface area (Å²) in [5, 5.41) is 9.08. The van der Waals surface area contributed by atoms with Gasteiger partial charge in [-0.05, 0) is 30.0 Å². The van der Waals surface area contributed by atoms with Gasteiger partial charge in [-0.25, -0.2) is 0 Å². The Balaban J connectivity index is 1.73. The van der Waals surface area contributed by atoms with Gasteiger partial charge in [0.1, 0.15) is 12.0 Å². The van der Waals surface area contributed by atoms with Crippen LogP contribution in [0.5, 0.6) is 23.6 Å². The number of nitrogens with one attached hydrogen (secondary N) is 3. The fraction of sp³-hybridized carbons (Fsp3) is 0.440. The summed E-state index contributed by atoms with van der Waals surface area (Å²) in [4.78, 5) is 25.7. The third-order valence-corrected chi connectivity index (χ3v) is 5.22. The molecule has 11 heteroatoms. The zero-order valence-electron chi connectivity index (χ0n) is 21.8. The second kappa shape index (κ2) is 12.2. The van der Waals surface area contributed by atoms with Gasteiger partial charge in [0.2, 0.25) is 17.7 Å². The first-order valence-electron chi connectivity index (χ1n) is 11.7. The number of carbonyl (C=O) groups is 1. The molecule has 0 unspecified atom stereocenters. The molecule has 0 aliphatic carbocycles. The fourth-order valence-corrected chi connectivity index (χ4v) is 3.20. The number of benzene rings is 1. The SMILES string of the molecule is COc1nc(NCCNC(C)C)nc(OC)c1NC(=O)c1coc(Oc2cc(C(C)C)ccc2C)n1. The minimum absolute atomic E-state index is 0.00809. The van der Waals surface area contributed by atoms with Gasteiger partial charge in [0, 0.05) is 19.1 Å². The van der Waals surface area contributed by atoms with E-state index >= 15 is 0 Å². The number of carbonyl (C=O) groups excluding carboxylic acids is 1. The molecular formula is C25H34N6O5. The summed E-state index contributed by atoms with van der Waals surface area (Å²) >= 11 is 0. The third kappa shape index (κ3) is 6.85. The van der Waals surface area contributed by atoms with Gasteiger partial charge >= 0.3 is 6.08 Å². The van der Waals surface area contributed by atoms with Crippen molar-refractivity contribution in [2.24, 2.45) is 0 Å². The van der Waals surface area contributed by atoms with Gasteiger partial charge in [0.05, 0.1) is 14.2 Å². The first-order chi connectivity index (χ1) is 17.2. The van der Waals surface area contributed by atoms with Crippen LogP contribution in [-0.2, 0) is 0 Å². The largest absolute Gasteiger partial charge is 0.479 e. The van der Waals surface area contributed by atoms with Crippen molar-refractivity contribution in [3.8, 4) is 23.6 Å². The lowest BCUT2D eigenvalue weighted by Gasteiger charge is -2.14. The predicted octanol–water partition coefficient (Wildman–Crippen LogP) is 4.37. The number of aryl methyl sites for hydroxylation is 1. The smallest absolute Gasteiger partial charge is 0.399 e. The summed E-state index contributed by atoms with van der Waals surface area (Å²) in [6.45, 7) is 11.6. The molecule has 3 N–H and O–H groups in total. The second-order valence-electron chi connectivity index (χ2n) is 8.71.